The molecule has 1 aliphatic rings. The molecule has 1 saturated carbocycles. The van der Waals surface area contributed by atoms with Gasteiger partial charge in [-0.15, -0.1) is 5.10 Å². The summed E-state index contributed by atoms with van der Waals surface area (Å²) >= 11 is 0. The monoisotopic (exact) mass is 541 g/mol. The molecule has 1 fully saturated rings. The molecule has 5 rings (SSSR count). The van der Waals surface area contributed by atoms with Gasteiger partial charge in [0.25, 0.3) is 0 Å². The molecule has 0 spiro atoms. The lowest BCUT2D eigenvalue weighted by atomic mass is 10.00. The van der Waals surface area contributed by atoms with Gasteiger partial charge < -0.3 is 19.7 Å². The SMILES string of the molecule is COc1cccc(C(C(=O)NC2CCCC2)N(Cc2ccc(C)cc2)C(=O)Cn2nnc3ccccc32)c1OC. The summed E-state index contributed by atoms with van der Waals surface area (Å²) in [4.78, 5) is 30.0. The average molecular weight is 542 g/mol. The lowest BCUT2D eigenvalue weighted by Gasteiger charge is -2.33. The molecule has 1 N–H and O–H groups in total. The molecule has 1 unspecified atom stereocenters. The van der Waals surface area contributed by atoms with Crippen LogP contribution in [0.5, 0.6) is 11.5 Å². The normalized spacial score (nSPS) is 14.2. The van der Waals surface area contributed by atoms with Gasteiger partial charge in [-0.2, -0.15) is 0 Å². The fourth-order valence-electron chi connectivity index (χ4n) is 5.39. The number of carbonyl (C=O) groups is 2. The summed E-state index contributed by atoms with van der Waals surface area (Å²) in [6.45, 7) is 2.15. The molecule has 0 radical (unpaired) electrons. The van der Waals surface area contributed by atoms with Gasteiger partial charge in [-0.05, 0) is 43.5 Å². The number of aromatic nitrogens is 3. The van der Waals surface area contributed by atoms with Gasteiger partial charge in [0.05, 0.1) is 19.7 Å². The number of para-hydroxylation sites is 2. The third-order valence-corrected chi connectivity index (χ3v) is 7.49. The Hall–Kier alpha value is -4.40. The number of ether oxygens (including phenoxy) is 2. The topological polar surface area (TPSA) is 98.6 Å². The number of methoxy groups -OCH3 is 2. The Morgan fingerprint density at radius 2 is 1.75 bits per heavy atom. The van der Waals surface area contributed by atoms with Crippen LogP contribution in [-0.2, 0) is 22.7 Å². The van der Waals surface area contributed by atoms with Crippen LogP contribution in [0.4, 0.5) is 0 Å². The maximum Gasteiger partial charge on any atom is 0.247 e. The molecule has 3 aromatic carbocycles. The van der Waals surface area contributed by atoms with Crippen LogP contribution < -0.4 is 14.8 Å². The van der Waals surface area contributed by atoms with Gasteiger partial charge in [-0.3, -0.25) is 9.59 Å². The Balaban J connectivity index is 1.59. The van der Waals surface area contributed by atoms with Crippen molar-refractivity contribution in [3.05, 3.63) is 83.4 Å². The Morgan fingerprint density at radius 3 is 2.48 bits per heavy atom. The van der Waals surface area contributed by atoms with Gasteiger partial charge in [0, 0.05) is 18.2 Å². The zero-order valence-corrected chi connectivity index (χ0v) is 23.2. The number of hydrogen-bond acceptors (Lipinski definition) is 6. The minimum absolute atomic E-state index is 0.0715. The van der Waals surface area contributed by atoms with Crippen molar-refractivity contribution >= 4 is 22.8 Å². The lowest BCUT2D eigenvalue weighted by molar-refractivity contribution is -0.142. The molecule has 0 saturated heterocycles. The third-order valence-electron chi connectivity index (χ3n) is 7.49. The van der Waals surface area contributed by atoms with Gasteiger partial charge in [0.1, 0.15) is 18.1 Å². The summed E-state index contributed by atoms with van der Waals surface area (Å²) in [7, 11) is 3.10. The molecular formula is C31H35N5O4. The minimum Gasteiger partial charge on any atom is -0.493 e. The number of hydrogen-bond donors (Lipinski definition) is 1. The second-order valence-corrected chi connectivity index (χ2v) is 10.2. The molecule has 0 bridgehead atoms. The van der Waals surface area contributed by atoms with Crippen LogP contribution in [0.1, 0.15) is 48.4 Å². The van der Waals surface area contributed by atoms with Crippen LogP contribution in [0.15, 0.2) is 66.7 Å². The van der Waals surface area contributed by atoms with Gasteiger partial charge in [-0.25, -0.2) is 4.68 Å². The van der Waals surface area contributed by atoms with Crippen molar-refractivity contribution < 1.29 is 19.1 Å². The van der Waals surface area contributed by atoms with E-state index in [4.69, 9.17) is 9.47 Å². The van der Waals surface area contributed by atoms with Gasteiger partial charge in [0.2, 0.25) is 11.8 Å². The molecule has 0 aliphatic heterocycles. The van der Waals surface area contributed by atoms with E-state index in [0.717, 1.165) is 42.3 Å². The highest BCUT2D eigenvalue weighted by Crippen LogP contribution is 2.38. The number of aryl methyl sites for hydroxylation is 1. The van der Waals surface area contributed by atoms with Gasteiger partial charge in [0.15, 0.2) is 11.5 Å². The standard InChI is InChI=1S/C31H35N5O4/c1-21-15-17-22(18-16-21)19-35(28(37)20-36-26-13-7-6-12-25(26)33-34-36)29(31(38)32-23-9-4-5-10-23)24-11-8-14-27(39-2)30(24)40-3/h6-8,11-18,23,29H,4-5,9-10,19-20H2,1-3H3,(H,32,38). The first-order chi connectivity index (χ1) is 19.5. The van der Waals surface area contributed by atoms with Crippen LogP contribution in [0.2, 0.25) is 0 Å². The smallest absolute Gasteiger partial charge is 0.247 e. The van der Waals surface area contributed by atoms with E-state index in [0.29, 0.717) is 22.6 Å². The highest BCUT2D eigenvalue weighted by Gasteiger charge is 2.36. The first-order valence-electron chi connectivity index (χ1n) is 13.6. The zero-order chi connectivity index (χ0) is 28.1. The van der Waals surface area contributed by atoms with Crippen LogP contribution in [-0.4, -0.2) is 52.0 Å². The van der Waals surface area contributed by atoms with Crippen molar-refractivity contribution in [2.24, 2.45) is 0 Å². The van der Waals surface area contributed by atoms with Crippen molar-refractivity contribution in [2.75, 3.05) is 14.2 Å². The Kier molecular flexibility index (Phi) is 8.28. The molecular weight excluding hydrogens is 506 g/mol. The molecule has 4 aromatic rings. The van der Waals surface area contributed by atoms with E-state index in [1.807, 2.05) is 67.6 Å². The van der Waals surface area contributed by atoms with Crippen LogP contribution in [0.3, 0.4) is 0 Å². The Morgan fingerprint density at radius 1 is 1.00 bits per heavy atom. The van der Waals surface area contributed by atoms with Crippen molar-refractivity contribution in [2.45, 2.75) is 57.8 Å². The van der Waals surface area contributed by atoms with E-state index in [1.165, 1.54) is 0 Å². The van der Waals surface area contributed by atoms with E-state index in [9.17, 15) is 9.59 Å². The van der Waals surface area contributed by atoms with Crippen molar-refractivity contribution in [3.8, 4) is 11.5 Å². The van der Waals surface area contributed by atoms with Crippen LogP contribution >= 0.6 is 0 Å². The molecule has 1 aliphatic carbocycles. The number of nitrogens with one attached hydrogen (secondary N) is 1. The molecule has 9 heteroatoms. The summed E-state index contributed by atoms with van der Waals surface area (Å²) in [6, 6.07) is 20.0. The Bertz CT molecular complexity index is 1480. The number of fused-ring (bicyclic) bond motifs is 1. The van der Waals surface area contributed by atoms with Gasteiger partial charge >= 0.3 is 0 Å². The average Bonchev–Trinajstić information content (AvgIpc) is 3.63. The summed E-state index contributed by atoms with van der Waals surface area (Å²) in [5.41, 5.74) is 4.02. The summed E-state index contributed by atoms with van der Waals surface area (Å²) in [5.74, 6) is 0.392. The fraction of sp³-hybridized carbons (Fsp3) is 0.355. The van der Waals surface area contributed by atoms with E-state index in [-0.39, 0.29) is 30.9 Å². The number of nitrogens with zero attached hydrogens (tertiary/aromatic N) is 4. The fourth-order valence-corrected chi connectivity index (χ4v) is 5.39. The summed E-state index contributed by atoms with van der Waals surface area (Å²) in [6.07, 6.45) is 3.99. The zero-order valence-electron chi connectivity index (χ0n) is 23.2. The summed E-state index contributed by atoms with van der Waals surface area (Å²) in [5, 5.41) is 11.7. The molecule has 1 aromatic heterocycles. The molecule has 1 heterocycles. The van der Waals surface area contributed by atoms with E-state index >= 15 is 0 Å². The number of rotatable bonds is 10. The highest BCUT2D eigenvalue weighted by atomic mass is 16.5. The highest BCUT2D eigenvalue weighted by molar-refractivity contribution is 5.90. The second-order valence-electron chi connectivity index (χ2n) is 10.2. The van der Waals surface area contributed by atoms with Crippen molar-refractivity contribution in [1.29, 1.82) is 0 Å². The molecule has 208 valence electrons. The maximum absolute atomic E-state index is 14.2. The first kappa shape index (κ1) is 27.2. The lowest BCUT2D eigenvalue weighted by Crippen LogP contribution is -2.46. The van der Waals surface area contributed by atoms with E-state index < -0.39 is 6.04 Å². The van der Waals surface area contributed by atoms with Crippen LogP contribution in [0.25, 0.3) is 11.0 Å². The predicted octanol–water partition coefficient (Wildman–Crippen LogP) is 4.59. The van der Waals surface area contributed by atoms with Gasteiger partial charge in [-0.1, -0.05) is 72.1 Å². The number of benzene rings is 3. The minimum atomic E-state index is -0.964. The molecule has 1 atom stereocenters. The molecule has 9 nitrogen and oxygen atoms in total. The van der Waals surface area contributed by atoms with E-state index in [1.54, 1.807) is 29.9 Å². The van der Waals surface area contributed by atoms with Crippen molar-refractivity contribution in [1.82, 2.24) is 25.2 Å². The third kappa shape index (κ3) is 5.78. The molecule has 40 heavy (non-hydrogen) atoms. The largest absolute Gasteiger partial charge is 0.493 e. The molecule has 2 amide bonds. The second kappa shape index (κ2) is 12.2. The summed E-state index contributed by atoms with van der Waals surface area (Å²) < 4.78 is 12.9. The maximum atomic E-state index is 14.2. The number of carbonyl (C=O) groups excluding carboxylic acids is 2. The Labute approximate surface area is 234 Å². The van der Waals surface area contributed by atoms with E-state index in [2.05, 4.69) is 15.6 Å². The first-order valence-corrected chi connectivity index (χ1v) is 13.6. The van der Waals surface area contributed by atoms with Crippen LogP contribution in [0, 0.1) is 6.92 Å². The predicted molar refractivity (Wildman–Crippen MR) is 152 cm³/mol. The van der Waals surface area contributed by atoms with Crippen molar-refractivity contribution in [3.63, 3.8) is 0 Å². The number of amides is 2. The quantitative estimate of drug-likeness (QED) is 0.316.